The van der Waals surface area contributed by atoms with E-state index >= 15 is 0 Å². The predicted molar refractivity (Wildman–Crippen MR) is 77.4 cm³/mol. The van der Waals surface area contributed by atoms with Gasteiger partial charge in [-0.15, -0.1) is 0 Å². The molecular weight excluding hydrogens is 321 g/mol. The standard InChI is InChI=1S/C12H11ClFN3O3S/c1-20-11-4-7(14)2-3-10(11)17-21(18,19)8-5-9(13)12(15)16-6-8/h2-6,17H,1H3,(H2,15,16). The summed E-state index contributed by atoms with van der Waals surface area (Å²) in [4.78, 5) is 3.51. The SMILES string of the molecule is COc1cc(F)ccc1NS(=O)(=O)c1cnc(N)c(Cl)c1. The summed E-state index contributed by atoms with van der Waals surface area (Å²) in [6, 6.07) is 4.58. The Morgan fingerprint density at radius 2 is 2.10 bits per heavy atom. The third-order valence-corrected chi connectivity index (χ3v) is 4.20. The Labute approximate surface area is 125 Å². The van der Waals surface area contributed by atoms with Crippen LogP contribution in [0.1, 0.15) is 0 Å². The molecule has 0 bridgehead atoms. The van der Waals surface area contributed by atoms with Crippen molar-refractivity contribution >= 4 is 33.1 Å². The predicted octanol–water partition coefficient (Wildman–Crippen LogP) is 2.27. The molecule has 1 aromatic heterocycles. The van der Waals surface area contributed by atoms with Crippen LogP contribution < -0.4 is 15.2 Å². The van der Waals surface area contributed by atoms with Gasteiger partial charge in [0.15, 0.2) is 0 Å². The van der Waals surface area contributed by atoms with E-state index in [1.54, 1.807) is 0 Å². The summed E-state index contributed by atoms with van der Waals surface area (Å²) in [7, 11) is -2.65. The van der Waals surface area contributed by atoms with Crippen molar-refractivity contribution in [2.45, 2.75) is 4.90 Å². The van der Waals surface area contributed by atoms with Gasteiger partial charge < -0.3 is 10.5 Å². The average molecular weight is 332 g/mol. The molecule has 0 aliphatic carbocycles. The highest BCUT2D eigenvalue weighted by Crippen LogP contribution is 2.28. The molecule has 1 heterocycles. The second kappa shape index (κ2) is 5.74. The number of benzene rings is 1. The number of hydrogen-bond acceptors (Lipinski definition) is 5. The van der Waals surface area contributed by atoms with E-state index in [0.717, 1.165) is 18.3 Å². The first-order valence-electron chi connectivity index (χ1n) is 5.61. The molecule has 0 fully saturated rings. The number of halogens is 2. The fraction of sp³-hybridized carbons (Fsp3) is 0.0833. The Hall–Kier alpha value is -2.06. The number of hydrogen-bond donors (Lipinski definition) is 2. The van der Waals surface area contributed by atoms with E-state index in [2.05, 4.69) is 9.71 Å². The molecule has 1 aromatic carbocycles. The molecule has 0 saturated heterocycles. The van der Waals surface area contributed by atoms with Crippen molar-refractivity contribution in [2.24, 2.45) is 0 Å². The largest absolute Gasteiger partial charge is 0.494 e. The van der Waals surface area contributed by atoms with Crippen molar-refractivity contribution in [3.63, 3.8) is 0 Å². The van der Waals surface area contributed by atoms with Gasteiger partial charge in [0.2, 0.25) is 0 Å². The Kier molecular flexibility index (Phi) is 4.19. The molecule has 2 aromatic rings. The van der Waals surface area contributed by atoms with Crippen molar-refractivity contribution in [3.8, 4) is 5.75 Å². The summed E-state index contributed by atoms with van der Waals surface area (Å²) in [6.07, 6.45) is 1.07. The molecule has 3 N–H and O–H groups in total. The number of aromatic nitrogens is 1. The van der Waals surface area contributed by atoms with E-state index in [4.69, 9.17) is 22.1 Å². The molecule has 2 rings (SSSR count). The second-order valence-electron chi connectivity index (χ2n) is 3.99. The van der Waals surface area contributed by atoms with Gasteiger partial charge in [-0.3, -0.25) is 4.72 Å². The first-order valence-corrected chi connectivity index (χ1v) is 7.47. The van der Waals surface area contributed by atoms with Crippen LogP contribution >= 0.6 is 11.6 Å². The second-order valence-corrected chi connectivity index (χ2v) is 6.08. The molecule has 0 atom stereocenters. The van der Waals surface area contributed by atoms with Gasteiger partial charge in [0.05, 0.1) is 17.8 Å². The van der Waals surface area contributed by atoms with E-state index in [9.17, 15) is 12.8 Å². The Bertz CT molecular complexity index is 783. The lowest BCUT2D eigenvalue weighted by molar-refractivity contribution is 0.413. The number of nitrogen functional groups attached to an aromatic ring is 1. The monoisotopic (exact) mass is 331 g/mol. The molecule has 0 spiro atoms. The van der Waals surface area contributed by atoms with Gasteiger partial charge in [0, 0.05) is 12.3 Å². The van der Waals surface area contributed by atoms with Crippen LogP contribution in [0.4, 0.5) is 15.9 Å². The topological polar surface area (TPSA) is 94.3 Å². The number of methoxy groups -OCH3 is 1. The van der Waals surface area contributed by atoms with E-state index in [1.165, 1.54) is 19.2 Å². The summed E-state index contributed by atoms with van der Waals surface area (Å²) < 4.78 is 44.7. The van der Waals surface area contributed by atoms with Crippen LogP contribution in [0.3, 0.4) is 0 Å². The molecule has 21 heavy (non-hydrogen) atoms. The number of anilines is 2. The quantitative estimate of drug-likeness (QED) is 0.896. The fourth-order valence-electron chi connectivity index (χ4n) is 1.53. The minimum absolute atomic E-state index is 0.0175. The van der Waals surface area contributed by atoms with Crippen LogP contribution in [0.25, 0.3) is 0 Å². The average Bonchev–Trinajstić information content (AvgIpc) is 2.43. The van der Waals surface area contributed by atoms with Crippen molar-refractivity contribution in [1.82, 2.24) is 4.98 Å². The van der Waals surface area contributed by atoms with Crippen LogP contribution in [0, 0.1) is 5.82 Å². The van der Waals surface area contributed by atoms with Gasteiger partial charge in [-0.2, -0.15) is 0 Å². The molecule has 0 amide bonds. The van der Waals surface area contributed by atoms with E-state index in [0.29, 0.717) is 0 Å². The van der Waals surface area contributed by atoms with Crippen LogP contribution in [-0.4, -0.2) is 20.5 Å². The fourth-order valence-corrected chi connectivity index (χ4v) is 2.80. The van der Waals surface area contributed by atoms with Crippen molar-refractivity contribution < 1.29 is 17.5 Å². The van der Waals surface area contributed by atoms with Crippen LogP contribution in [0.15, 0.2) is 35.4 Å². The lowest BCUT2D eigenvalue weighted by Gasteiger charge is -2.12. The third kappa shape index (κ3) is 3.34. The van der Waals surface area contributed by atoms with Crippen LogP contribution in [-0.2, 0) is 10.0 Å². The maximum Gasteiger partial charge on any atom is 0.263 e. The van der Waals surface area contributed by atoms with Gasteiger partial charge >= 0.3 is 0 Å². The van der Waals surface area contributed by atoms with Gasteiger partial charge in [-0.25, -0.2) is 17.8 Å². The Morgan fingerprint density at radius 3 is 2.71 bits per heavy atom. The number of pyridine rings is 1. The minimum Gasteiger partial charge on any atom is -0.494 e. The number of nitrogens with two attached hydrogens (primary N) is 1. The zero-order chi connectivity index (χ0) is 15.6. The first-order chi connectivity index (χ1) is 9.83. The van der Waals surface area contributed by atoms with Gasteiger partial charge in [0.25, 0.3) is 10.0 Å². The normalized spacial score (nSPS) is 11.2. The number of ether oxygens (including phenoxy) is 1. The van der Waals surface area contributed by atoms with Gasteiger partial charge in [-0.05, 0) is 18.2 Å². The molecule has 9 heteroatoms. The summed E-state index contributed by atoms with van der Waals surface area (Å²) in [5, 5.41) is 0.0175. The molecular formula is C12H11ClFN3O3S. The number of rotatable bonds is 4. The number of sulfonamides is 1. The van der Waals surface area contributed by atoms with Crippen molar-refractivity contribution in [3.05, 3.63) is 41.3 Å². The molecule has 0 radical (unpaired) electrons. The third-order valence-electron chi connectivity index (χ3n) is 2.56. The summed E-state index contributed by atoms with van der Waals surface area (Å²) in [5.74, 6) is -0.477. The van der Waals surface area contributed by atoms with Gasteiger partial charge in [-0.1, -0.05) is 11.6 Å². The highest BCUT2D eigenvalue weighted by atomic mass is 35.5. The van der Waals surface area contributed by atoms with Crippen molar-refractivity contribution in [1.29, 1.82) is 0 Å². The molecule has 0 unspecified atom stereocenters. The molecule has 0 saturated carbocycles. The molecule has 0 aliphatic rings. The number of nitrogens with one attached hydrogen (secondary N) is 1. The van der Waals surface area contributed by atoms with Crippen LogP contribution in [0.5, 0.6) is 5.75 Å². The van der Waals surface area contributed by atoms with Crippen molar-refractivity contribution in [2.75, 3.05) is 17.6 Å². The Balaban J connectivity index is 2.39. The zero-order valence-electron chi connectivity index (χ0n) is 10.8. The maximum atomic E-state index is 13.1. The molecule has 112 valence electrons. The highest BCUT2D eigenvalue weighted by molar-refractivity contribution is 7.92. The van der Waals surface area contributed by atoms with E-state index in [-0.39, 0.29) is 27.2 Å². The highest BCUT2D eigenvalue weighted by Gasteiger charge is 2.18. The van der Waals surface area contributed by atoms with Crippen LogP contribution in [0.2, 0.25) is 5.02 Å². The molecule has 6 nitrogen and oxygen atoms in total. The van der Waals surface area contributed by atoms with E-state index in [1.807, 2.05) is 0 Å². The lowest BCUT2D eigenvalue weighted by atomic mass is 10.3. The summed E-state index contributed by atoms with van der Waals surface area (Å²) in [5.41, 5.74) is 5.52. The van der Waals surface area contributed by atoms with E-state index < -0.39 is 15.8 Å². The zero-order valence-corrected chi connectivity index (χ0v) is 12.4. The smallest absolute Gasteiger partial charge is 0.263 e. The van der Waals surface area contributed by atoms with Gasteiger partial charge in [0.1, 0.15) is 22.3 Å². The maximum absolute atomic E-state index is 13.1. The lowest BCUT2D eigenvalue weighted by Crippen LogP contribution is -2.14. The summed E-state index contributed by atoms with van der Waals surface area (Å²) >= 11 is 5.75. The molecule has 0 aliphatic heterocycles. The number of nitrogens with zero attached hydrogens (tertiary/aromatic N) is 1. The summed E-state index contributed by atoms with van der Waals surface area (Å²) in [6.45, 7) is 0. The first kappa shape index (κ1) is 15.3. The Morgan fingerprint density at radius 1 is 1.38 bits per heavy atom. The minimum atomic E-state index is -3.95.